The quantitative estimate of drug-likeness (QED) is 0.751. The Balaban J connectivity index is 2.09. The molecule has 14 heavy (non-hydrogen) atoms. The van der Waals surface area contributed by atoms with Crippen LogP contribution in [0.25, 0.3) is 0 Å². The van der Waals surface area contributed by atoms with E-state index in [1.807, 2.05) is 30.5 Å². The summed E-state index contributed by atoms with van der Waals surface area (Å²) in [5.41, 5.74) is 4.13. The van der Waals surface area contributed by atoms with Crippen LogP contribution in [0, 0.1) is 0 Å². The van der Waals surface area contributed by atoms with Gasteiger partial charge in [-0.25, -0.2) is 0 Å². The second kappa shape index (κ2) is 3.89. The summed E-state index contributed by atoms with van der Waals surface area (Å²) in [5.74, 6) is 0.756. The molecule has 0 aliphatic carbocycles. The lowest BCUT2D eigenvalue weighted by molar-refractivity contribution is 0.451. The lowest BCUT2D eigenvalue weighted by atomic mass is 10.5. The summed E-state index contributed by atoms with van der Waals surface area (Å²) < 4.78 is 7.52. The summed E-state index contributed by atoms with van der Waals surface area (Å²) in [4.78, 5) is 3.98. The molecule has 1 aliphatic rings. The van der Waals surface area contributed by atoms with Crippen molar-refractivity contribution in [3.8, 4) is 5.75 Å². The van der Waals surface area contributed by atoms with Gasteiger partial charge in [0.1, 0.15) is 5.75 Å². The molecule has 0 fully saturated rings. The number of nitrogens with zero attached hydrogens (tertiary/aromatic N) is 2. The normalized spacial score (nSPS) is 17.0. The van der Waals surface area contributed by atoms with Crippen molar-refractivity contribution in [3.63, 3.8) is 0 Å². The lowest BCUT2D eigenvalue weighted by Crippen LogP contribution is -2.20. The maximum atomic E-state index is 5.63. The van der Waals surface area contributed by atoms with E-state index in [-0.39, 0.29) is 0 Å². The third-order valence-corrected chi connectivity index (χ3v) is 2.62. The monoisotopic (exact) mass is 209 g/mol. The van der Waals surface area contributed by atoms with Crippen molar-refractivity contribution >= 4 is 11.9 Å². The van der Waals surface area contributed by atoms with Gasteiger partial charge in [0.15, 0.2) is 5.09 Å². The molecular formula is C9H11N3OS. The number of aromatic nitrogens is 1. The van der Waals surface area contributed by atoms with E-state index in [0.717, 1.165) is 16.5 Å². The summed E-state index contributed by atoms with van der Waals surface area (Å²) in [7, 11) is 1.94. The molecule has 0 amide bonds. The van der Waals surface area contributed by atoms with Crippen LogP contribution in [0.3, 0.4) is 0 Å². The largest absolute Gasteiger partial charge is 0.446 e. The van der Waals surface area contributed by atoms with Gasteiger partial charge in [0, 0.05) is 25.2 Å². The topological polar surface area (TPSA) is 37.4 Å². The summed E-state index contributed by atoms with van der Waals surface area (Å²) >= 11 is 1.52. The summed E-state index contributed by atoms with van der Waals surface area (Å²) in [6.45, 7) is 1.97. The highest BCUT2D eigenvalue weighted by Crippen LogP contribution is 2.29. The Labute approximate surface area is 87.1 Å². The van der Waals surface area contributed by atoms with Gasteiger partial charge in [0.2, 0.25) is 0 Å². The predicted molar refractivity (Wildman–Crippen MR) is 56.1 cm³/mol. The fourth-order valence-corrected chi connectivity index (χ4v) is 1.85. The highest BCUT2D eigenvalue weighted by molar-refractivity contribution is 8.00. The Kier molecular flexibility index (Phi) is 2.60. The maximum Gasteiger partial charge on any atom is 0.197 e. The average molecular weight is 209 g/mol. The molecule has 0 bridgehead atoms. The Hall–Kier alpha value is -1.20. The molecular weight excluding hydrogens is 198 g/mol. The fourth-order valence-electron chi connectivity index (χ4n) is 1.11. The molecule has 0 radical (unpaired) electrons. The van der Waals surface area contributed by atoms with E-state index < -0.39 is 0 Å². The van der Waals surface area contributed by atoms with Crippen LogP contribution in [0.5, 0.6) is 5.75 Å². The van der Waals surface area contributed by atoms with Crippen LogP contribution < -0.4 is 10.2 Å². The average Bonchev–Trinajstić information content (AvgIpc) is 2.47. The second-order valence-corrected chi connectivity index (χ2v) is 4.00. The number of rotatable bonds is 2. The molecule has 1 aromatic rings. The highest BCUT2D eigenvalue weighted by Gasteiger charge is 2.18. The molecule has 1 N–H and O–H groups in total. The number of hydrogen-bond donors (Lipinski definition) is 1. The zero-order valence-corrected chi connectivity index (χ0v) is 8.84. The smallest absolute Gasteiger partial charge is 0.197 e. The molecule has 0 atom stereocenters. The van der Waals surface area contributed by atoms with Gasteiger partial charge in [-0.3, -0.25) is 4.98 Å². The van der Waals surface area contributed by atoms with E-state index in [1.165, 1.54) is 11.9 Å². The van der Waals surface area contributed by atoms with E-state index in [0.29, 0.717) is 0 Å². The molecule has 1 aromatic heterocycles. The van der Waals surface area contributed by atoms with Crippen molar-refractivity contribution in [3.05, 3.63) is 35.3 Å². The van der Waals surface area contributed by atoms with Crippen LogP contribution in [0.4, 0.5) is 0 Å². The van der Waals surface area contributed by atoms with Crippen molar-refractivity contribution in [2.45, 2.75) is 6.92 Å². The molecule has 0 saturated carbocycles. The van der Waals surface area contributed by atoms with Gasteiger partial charge in [-0.05, 0) is 19.1 Å². The summed E-state index contributed by atoms with van der Waals surface area (Å²) in [6.07, 6.45) is 3.42. The van der Waals surface area contributed by atoms with E-state index in [9.17, 15) is 0 Å². The molecule has 4 nitrogen and oxygen atoms in total. The highest BCUT2D eigenvalue weighted by atomic mass is 32.2. The molecule has 5 heteroatoms. The predicted octanol–water partition coefficient (Wildman–Crippen LogP) is 1.75. The van der Waals surface area contributed by atoms with Crippen molar-refractivity contribution in [2.24, 2.45) is 0 Å². The molecule has 0 aromatic carbocycles. The summed E-state index contributed by atoms with van der Waals surface area (Å²) in [6, 6.07) is 3.73. The van der Waals surface area contributed by atoms with E-state index in [1.54, 1.807) is 12.4 Å². The van der Waals surface area contributed by atoms with Crippen LogP contribution >= 0.6 is 11.9 Å². The van der Waals surface area contributed by atoms with E-state index >= 15 is 0 Å². The second-order valence-electron chi connectivity index (χ2n) is 2.90. The molecule has 0 spiro atoms. The SMILES string of the molecule is CC1=C(Oc2cccnc2)SN(C)N1. The van der Waals surface area contributed by atoms with Crippen LogP contribution in [-0.4, -0.2) is 16.4 Å². The first kappa shape index (κ1) is 9.36. The minimum absolute atomic E-state index is 0.756. The van der Waals surface area contributed by atoms with Gasteiger partial charge < -0.3 is 10.2 Å². The number of ether oxygens (including phenoxy) is 1. The zero-order valence-electron chi connectivity index (χ0n) is 8.02. The lowest BCUT2D eigenvalue weighted by Gasteiger charge is -2.06. The maximum absolute atomic E-state index is 5.63. The molecule has 2 rings (SSSR count). The fraction of sp³-hybridized carbons (Fsp3) is 0.222. The number of nitrogens with one attached hydrogen (secondary N) is 1. The van der Waals surface area contributed by atoms with Crippen molar-refractivity contribution in [1.82, 2.24) is 14.8 Å². The van der Waals surface area contributed by atoms with Gasteiger partial charge in [0.05, 0.1) is 11.9 Å². The number of pyridine rings is 1. The van der Waals surface area contributed by atoms with Gasteiger partial charge in [0.25, 0.3) is 0 Å². The van der Waals surface area contributed by atoms with Gasteiger partial charge in [-0.15, -0.1) is 0 Å². The Bertz CT molecular complexity index is 352. The third-order valence-electron chi connectivity index (χ3n) is 1.70. The van der Waals surface area contributed by atoms with Crippen molar-refractivity contribution < 1.29 is 4.74 Å². The number of allylic oxidation sites excluding steroid dienone is 1. The van der Waals surface area contributed by atoms with Crippen molar-refractivity contribution in [1.29, 1.82) is 0 Å². The molecule has 0 saturated heterocycles. The Morgan fingerprint density at radius 2 is 2.43 bits per heavy atom. The first-order valence-corrected chi connectivity index (χ1v) is 5.00. The zero-order chi connectivity index (χ0) is 9.97. The number of hydrazine groups is 1. The first-order chi connectivity index (χ1) is 6.75. The third kappa shape index (κ3) is 2.00. The Morgan fingerprint density at radius 3 is 3.00 bits per heavy atom. The molecule has 2 heterocycles. The van der Waals surface area contributed by atoms with Crippen LogP contribution in [-0.2, 0) is 0 Å². The van der Waals surface area contributed by atoms with Crippen LogP contribution in [0.2, 0.25) is 0 Å². The van der Waals surface area contributed by atoms with Crippen LogP contribution in [0.15, 0.2) is 35.3 Å². The standard InChI is InChI=1S/C9H11N3OS/c1-7-9(14-12(2)11-7)13-8-4-3-5-10-6-8/h3-6,11H,1-2H3. The molecule has 1 aliphatic heterocycles. The molecule has 74 valence electrons. The minimum Gasteiger partial charge on any atom is -0.446 e. The molecule has 0 unspecified atom stereocenters. The van der Waals surface area contributed by atoms with Gasteiger partial charge in [-0.1, -0.05) is 0 Å². The van der Waals surface area contributed by atoms with Gasteiger partial charge >= 0.3 is 0 Å². The summed E-state index contributed by atoms with van der Waals surface area (Å²) in [5, 5.41) is 0.862. The van der Waals surface area contributed by atoms with Crippen molar-refractivity contribution in [2.75, 3.05) is 7.05 Å². The minimum atomic E-state index is 0.756. The van der Waals surface area contributed by atoms with Gasteiger partial charge in [-0.2, -0.15) is 4.41 Å². The number of hydrogen-bond acceptors (Lipinski definition) is 5. The first-order valence-electron chi connectivity index (χ1n) is 4.23. The Morgan fingerprint density at radius 1 is 1.57 bits per heavy atom. The van der Waals surface area contributed by atoms with E-state index in [4.69, 9.17) is 4.74 Å². The van der Waals surface area contributed by atoms with Crippen LogP contribution in [0.1, 0.15) is 6.92 Å². The van der Waals surface area contributed by atoms with E-state index in [2.05, 4.69) is 10.4 Å².